The fourth-order valence-corrected chi connectivity index (χ4v) is 5.36. The number of fused-ring (bicyclic) bond motifs is 2. The van der Waals surface area contributed by atoms with Crippen LogP contribution in [0.25, 0.3) is 0 Å². The minimum absolute atomic E-state index is 0.113. The van der Waals surface area contributed by atoms with Crippen molar-refractivity contribution in [2.45, 2.75) is 63.3 Å². The van der Waals surface area contributed by atoms with Gasteiger partial charge in [0.1, 0.15) is 6.04 Å². The number of carbonyl (C=O) groups is 3. The molecular weight excluding hydrogens is 356 g/mol. The third-order valence-corrected chi connectivity index (χ3v) is 6.84. The summed E-state index contributed by atoms with van der Waals surface area (Å²) in [5, 5.41) is 9.67. The van der Waals surface area contributed by atoms with Crippen LogP contribution in [0, 0.1) is 5.92 Å². The molecule has 7 nitrogen and oxygen atoms in total. The van der Waals surface area contributed by atoms with E-state index in [-0.39, 0.29) is 24.1 Å². The molecule has 148 valence electrons. The lowest BCUT2D eigenvalue weighted by atomic mass is 9.99. The minimum Gasteiger partial charge on any atom is -0.322 e. The lowest BCUT2D eigenvalue weighted by molar-refractivity contribution is -0.136. The molecule has 4 aliphatic rings. The molecule has 4 unspecified atom stereocenters. The SMILES string of the molecule is O=C1CCC(N2Cc3cc(CNC4CNC5CCCC54)ccc3C2=O)C(=O)N1. The van der Waals surface area contributed by atoms with Crippen molar-refractivity contribution in [3.8, 4) is 0 Å². The molecule has 3 fully saturated rings. The molecule has 1 aliphatic carbocycles. The van der Waals surface area contributed by atoms with E-state index in [1.165, 1.54) is 19.3 Å². The lowest BCUT2D eigenvalue weighted by Gasteiger charge is -2.29. The summed E-state index contributed by atoms with van der Waals surface area (Å²) >= 11 is 0. The van der Waals surface area contributed by atoms with Crippen LogP contribution in [0.4, 0.5) is 0 Å². The van der Waals surface area contributed by atoms with Crippen LogP contribution in [0.5, 0.6) is 0 Å². The van der Waals surface area contributed by atoms with Crippen molar-refractivity contribution in [2.75, 3.05) is 6.54 Å². The molecular formula is C21H26N4O3. The number of hydrogen-bond donors (Lipinski definition) is 3. The van der Waals surface area contributed by atoms with E-state index in [1.54, 1.807) is 4.90 Å². The molecule has 1 aromatic carbocycles. The molecule has 0 aromatic heterocycles. The Morgan fingerprint density at radius 1 is 1.14 bits per heavy atom. The van der Waals surface area contributed by atoms with E-state index in [0.717, 1.165) is 30.1 Å². The molecule has 2 saturated heterocycles. The highest BCUT2D eigenvalue weighted by molar-refractivity contribution is 6.05. The van der Waals surface area contributed by atoms with Gasteiger partial charge in [0.05, 0.1) is 0 Å². The van der Waals surface area contributed by atoms with E-state index < -0.39 is 6.04 Å². The van der Waals surface area contributed by atoms with Gasteiger partial charge < -0.3 is 15.5 Å². The van der Waals surface area contributed by atoms with Gasteiger partial charge in [0.25, 0.3) is 5.91 Å². The average Bonchev–Trinajstić information content (AvgIpc) is 3.36. The average molecular weight is 382 g/mol. The Morgan fingerprint density at radius 2 is 2.04 bits per heavy atom. The number of hydrogen-bond acceptors (Lipinski definition) is 5. The van der Waals surface area contributed by atoms with Crippen molar-refractivity contribution in [2.24, 2.45) is 5.92 Å². The van der Waals surface area contributed by atoms with Crippen molar-refractivity contribution in [3.05, 3.63) is 34.9 Å². The zero-order chi connectivity index (χ0) is 19.3. The summed E-state index contributed by atoms with van der Waals surface area (Å²) in [4.78, 5) is 37.9. The van der Waals surface area contributed by atoms with Crippen LogP contribution >= 0.6 is 0 Å². The maximum absolute atomic E-state index is 12.8. The van der Waals surface area contributed by atoms with Crippen molar-refractivity contribution in [3.63, 3.8) is 0 Å². The normalized spacial score (nSPS) is 31.9. The predicted octanol–water partition coefficient (Wildman–Crippen LogP) is 0.678. The fraction of sp³-hybridized carbons (Fsp3) is 0.571. The summed E-state index contributed by atoms with van der Waals surface area (Å²) < 4.78 is 0. The first kappa shape index (κ1) is 17.8. The Hall–Kier alpha value is -2.25. The summed E-state index contributed by atoms with van der Waals surface area (Å²) in [6.07, 6.45) is 4.59. The number of benzene rings is 1. The first-order valence-electron chi connectivity index (χ1n) is 10.3. The standard InChI is InChI=1S/C21H26N4O3/c26-19-7-6-18(20(27)24-19)25-11-13-8-12(4-5-14(13)21(25)28)9-22-17-10-23-16-3-1-2-15(16)17/h4-5,8,15-18,22-23H,1-3,6-7,9-11H2,(H,24,26,27). The Morgan fingerprint density at radius 3 is 2.89 bits per heavy atom. The van der Waals surface area contributed by atoms with Gasteiger partial charge in [0, 0.05) is 43.7 Å². The first-order chi connectivity index (χ1) is 13.6. The maximum atomic E-state index is 12.8. The Bertz CT molecular complexity index is 839. The van der Waals surface area contributed by atoms with Gasteiger partial charge in [-0.1, -0.05) is 18.6 Å². The highest BCUT2D eigenvalue weighted by Crippen LogP contribution is 2.33. The summed E-state index contributed by atoms with van der Waals surface area (Å²) in [7, 11) is 0. The summed E-state index contributed by atoms with van der Waals surface area (Å²) in [5.41, 5.74) is 2.81. The molecule has 0 spiro atoms. The van der Waals surface area contributed by atoms with Crippen molar-refractivity contribution >= 4 is 17.7 Å². The third kappa shape index (κ3) is 3.02. The molecule has 3 N–H and O–H groups in total. The molecule has 1 saturated carbocycles. The van der Waals surface area contributed by atoms with E-state index in [1.807, 2.05) is 12.1 Å². The van der Waals surface area contributed by atoms with Gasteiger partial charge in [-0.3, -0.25) is 19.7 Å². The Labute approximate surface area is 164 Å². The van der Waals surface area contributed by atoms with Gasteiger partial charge in [-0.2, -0.15) is 0 Å². The molecule has 4 atom stereocenters. The van der Waals surface area contributed by atoms with E-state index in [2.05, 4.69) is 22.0 Å². The maximum Gasteiger partial charge on any atom is 0.255 e. The highest BCUT2D eigenvalue weighted by atomic mass is 16.2. The van der Waals surface area contributed by atoms with Crippen LogP contribution in [-0.4, -0.2) is 47.3 Å². The largest absolute Gasteiger partial charge is 0.322 e. The fourth-order valence-electron chi connectivity index (χ4n) is 5.36. The van der Waals surface area contributed by atoms with Crippen molar-refractivity contribution in [1.82, 2.24) is 20.9 Å². The van der Waals surface area contributed by atoms with Gasteiger partial charge in [0.15, 0.2) is 0 Å². The minimum atomic E-state index is -0.553. The second-order valence-electron chi connectivity index (χ2n) is 8.49. The summed E-state index contributed by atoms with van der Waals surface area (Å²) in [6, 6.07) is 6.61. The molecule has 0 radical (unpaired) electrons. The van der Waals surface area contributed by atoms with Crippen LogP contribution in [0.2, 0.25) is 0 Å². The van der Waals surface area contributed by atoms with Gasteiger partial charge >= 0.3 is 0 Å². The molecule has 1 aromatic rings. The second-order valence-corrected chi connectivity index (χ2v) is 8.49. The smallest absolute Gasteiger partial charge is 0.255 e. The van der Waals surface area contributed by atoms with Gasteiger partial charge in [-0.25, -0.2) is 0 Å². The Balaban J connectivity index is 1.25. The van der Waals surface area contributed by atoms with Crippen molar-refractivity contribution in [1.29, 1.82) is 0 Å². The van der Waals surface area contributed by atoms with Gasteiger partial charge in [0.2, 0.25) is 11.8 Å². The molecule has 0 bridgehead atoms. The van der Waals surface area contributed by atoms with E-state index in [4.69, 9.17) is 0 Å². The molecule has 7 heteroatoms. The summed E-state index contributed by atoms with van der Waals surface area (Å²) in [5.74, 6) is 0.000594. The van der Waals surface area contributed by atoms with Gasteiger partial charge in [-0.15, -0.1) is 0 Å². The van der Waals surface area contributed by atoms with Crippen LogP contribution < -0.4 is 16.0 Å². The monoisotopic (exact) mass is 382 g/mol. The number of nitrogens with one attached hydrogen (secondary N) is 3. The van der Waals surface area contributed by atoms with Crippen LogP contribution in [0.1, 0.15) is 53.6 Å². The second kappa shape index (κ2) is 6.97. The number of piperidine rings is 1. The number of carbonyl (C=O) groups excluding carboxylic acids is 3. The van der Waals surface area contributed by atoms with Crippen molar-refractivity contribution < 1.29 is 14.4 Å². The molecule has 5 rings (SSSR count). The first-order valence-corrected chi connectivity index (χ1v) is 10.3. The zero-order valence-electron chi connectivity index (χ0n) is 15.9. The topological polar surface area (TPSA) is 90.5 Å². The summed E-state index contributed by atoms with van der Waals surface area (Å²) in [6.45, 7) is 2.25. The zero-order valence-corrected chi connectivity index (χ0v) is 15.9. The highest BCUT2D eigenvalue weighted by Gasteiger charge is 2.40. The molecule has 3 aliphatic heterocycles. The lowest BCUT2D eigenvalue weighted by Crippen LogP contribution is -2.52. The van der Waals surface area contributed by atoms with E-state index >= 15 is 0 Å². The molecule has 3 amide bonds. The third-order valence-electron chi connectivity index (χ3n) is 6.84. The predicted molar refractivity (Wildman–Crippen MR) is 102 cm³/mol. The number of rotatable bonds is 4. The van der Waals surface area contributed by atoms with Gasteiger partial charge in [-0.05, 0) is 42.4 Å². The van der Waals surface area contributed by atoms with E-state index in [0.29, 0.717) is 30.6 Å². The van der Waals surface area contributed by atoms with Crippen LogP contribution in [0.3, 0.4) is 0 Å². The van der Waals surface area contributed by atoms with Crippen LogP contribution in [0.15, 0.2) is 18.2 Å². The number of imide groups is 1. The number of nitrogens with zero attached hydrogens (tertiary/aromatic N) is 1. The molecule has 3 heterocycles. The quantitative estimate of drug-likeness (QED) is 0.666. The number of amides is 3. The van der Waals surface area contributed by atoms with Crippen LogP contribution in [-0.2, 0) is 22.7 Å². The Kier molecular flexibility index (Phi) is 4.44. The molecule has 28 heavy (non-hydrogen) atoms. The van der Waals surface area contributed by atoms with E-state index in [9.17, 15) is 14.4 Å².